The summed E-state index contributed by atoms with van der Waals surface area (Å²) in [6.07, 6.45) is 1.30. The topological polar surface area (TPSA) is 102 Å². The van der Waals surface area contributed by atoms with Gasteiger partial charge in [-0.25, -0.2) is 4.79 Å². The maximum Gasteiger partial charge on any atom is 0.331 e. The number of rotatable bonds is 3. The molecule has 2 aromatic rings. The fourth-order valence-corrected chi connectivity index (χ4v) is 1.67. The quantitative estimate of drug-likeness (QED) is 0.791. The summed E-state index contributed by atoms with van der Waals surface area (Å²) < 4.78 is 2.10. The number of H-pyrrole nitrogens is 1. The number of hydrogen-bond donors (Lipinski definition) is 2. The molecule has 0 radical (unpaired) electrons. The molecule has 0 fully saturated rings. The monoisotopic (exact) mass is 277 g/mol. The van der Waals surface area contributed by atoms with Crippen LogP contribution in [0.5, 0.6) is 0 Å². The first kappa shape index (κ1) is 13.8. The van der Waals surface area contributed by atoms with Gasteiger partial charge in [0, 0.05) is 30.6 Å². The van der Waals surface area contributed by atoms with Crippen molar-refractivity contribution in [3.05, 3.63) is 44.4 Å². The lowest BCUT2D eigenvalue weighted by molar-refractivity contribution is -0.116. The summed E-state index contributed by atoms with van der Waals surface area (Å²) in [5.41, 5.74) is 0.749. The Morgan fingerprint density at radius 3 is 2.70 bits per heavy atom. The molecule has 0 aromatic carbocycles. The summed E-state index contributed by atoms with van der Waals surface area (Å²) in [6, 6.07) is 1.23. The van der Waals surface area contributed by atoms with E-state index >= 15 is 0 Å². The van der Waals surface area contributed by atoms with Crippen molar-refractivity contribution in [2.75, 3.05) is 5.32 Å². The van der Waals surface area contributed by atoms with Crippen molar-refractivity contribution in [3.63, 3.8) is 0 Å². The number of anilines is 1. The Kier molecular flexibility index (Phi) is 3.55. The second-order valence-corrected chi connectivity index (χ2v) is 4.49. The second kappa shape index (κ2) is 5.16. The largest absolute Gasteiger partial charge is 0.331 e. The fourth-order valence-electron chi connectivity index (χ4n) is 1.67. The van der Waals surface area contributed by atoms with Gasteiger partial charge in [0.15, 0.2) is 5.82 Å². The molecule has 2 heterocycles. The lowest BCUT2D eigenvalue weighted by Crippen LogP contribution is -2.39. The van der Waals surface area contributed by atoms with Crippen LogP contribution in [0.15, 0.2) is 21.9 Å². The molecule has 1 amide bonds. The van der Waals surface area contributed by atoms with E-state index in [2.05, 4.69) is 15.5 Å². The number of amides is 1. The third kappa shape index (κ3) is 2.53. The van der Waals surface area contributed by atoms with Crippen molar-refractivity contribution in [1.82, 2.24) is 19.3 Å². The Balaban J connectivity index is 2.17. The van der Waals surface area contributed by atoms with Gasteiger partial charge in [-0.15, -0.1) is 0 Å². The SMILES string of the molecule is Cc1[nH]nc(NC(=O)Cn2ccc(=O)n(C)c2=O)c1C. The van der Waals surface area contributed by atoms with Crippen LogP contribution in [0.25, 0.3) is 0 Å². The molecule has 2 aromatic heterocycles. The number of carbonyl (C=O) groups excluding carboxylic acids is 1. The van der Waals surface area contributed by atoms with Gasteiger partial charge in [-0.2, -0.15) is 5.10 Å². The molecule has 0 saturated carbocycles. The molecule has 0 aliphatic rings. The summed E-state index contributed by atoms with van der Waals surface area (Å²) >= 11 is 0. The van der Waals surface area contributed by atoms with Gasteiger partial charge in [0.25, 0.3) is 5.56 Å². The Morgan fingerprint density at radius 2 is 2.10 bits per heavy atom. The number of nitrogens with zero attached hydrogens (tertiary/aromatic N) is 3. The summed E-state index contributed by atoms with van der Waals surface area (Å²) in [6.45, 7) is 3.49. The van der Waals surface area contributed by atoms with E-state index in [0.29, 0.717) is 5.82 Å². The minimum absolute atomic E-state index is 0.182. The van der Waals surface area contributed by atoms with E-state index in [1.807, 2.05) is 13.8 Å². The van der Waals surface area contributed by atoms with Crippen LogP contribution in [0.1, 0.15) is 11.3 Å². The third-order valence-corrected chi connectivity index (χ3v) is 3.09. The average molecular weight is 277 g/mol. The maximum atomic E-state index is 11.9. The molecule has 0 atom stereocenters. The average Bonchev–Trinajstić information content (AvgIpc) is 2.71. The zero-order valence-corrected chi connectivity index (χ0v) is 11.4. The number of hydrogen-bond acceptors (Lipinski definition) is 4. The van der Waals surface area contributed by atoms with E-state index in [4.69, 9.17) is 0 Å². The number of aromatic nitrogens is 4. The van der Waals surface area contributed by atoms with E-state index < -0.39 is 11.2 Å². The number of aryl methyl sites for hydroxylation is 1. The first-order valence-corrected chi connectivity index (χ1v) is 5.98. The fraction of sp³-hybridized carbons (Fsp3) is 0.333. The molecule has 0 aliphatic heterocycles. The van der Waals surface area contributed by atoms with Gasteiger partial charge in [-0.1, -0.05) is 0 Å². The van der Waals surface area contributed by atoms with Gasteiger partial charge in [0.05, 0.1) is 0 Å². The highest BCUT2D eigenvalue weighted by Crippen LogP contribution is 2.13. The molecule has 0 saturated heterocycles. The van der Waals surface area contributed by atoms with Crippen LogP contribution in [0.3, 0.4) is 0 Å². The first-order valence-electron chi connectivity index (χ1n) is 5.98. The van der Waals surface area contributed by atoms with E-state index in [9.17, 15) is 14.4 Å². The molecular weight excluding hydrogens is 262 g/mol. The predicted octanol–water partition coefficient (Wildman–Crippen LogP) is -0.474. The normalized spacial score (nSPS) is 10.6. The zero-order chi connectivity index (χ0) is 14.9. The van der Waals surface area contributed by atoms with Gasteiger partial charge >= 0.3 is 5.69 Å². The van der Waals surface area contributed by atoms with E-state index in [0.717, 1.165) is 20.4 Å². The van der Waals surface area contributed by atoms with Crippen LogP contribution in [-0.2, 0) is 18.4 Å². The number of nitrogens with one attached hydrogen (secondary N) is 2. The number of carbonyl (C=O) groups is 1. The van der Waals surface area contributed by atoms with Gasteiger partial charge in [0.1, 0.15) is 6.54 Å². The van der Waals surface area contributed by atoms with Crippen molar-refractivity contribution in [1.29, 1.82) is 0 Å². The Bertz CT molecular complexity index is 768. The smallest absolute Gasteiger partial charge is 0.307 e. The summed E-state index contributed by atoms with van der Waals surface area (Å²) in [5.74, 6) is 0.0470. The molecular formula is C12H15N5O3. The van der Waals surface area contributed by atoms with Crippen LogP contribution < -0.4 is 16.6 Å². The second-order valence-electron chi connectivity index (χ2n) is 4.49. The molecule has 8 heteroatoms. The van der Waals surface area contributed by atoms with Crippen LogP contribution in [0, 0.1) is 13.8 Å². The van der Waals surface area contributed by atoms with Crippen LogP contribution in [-0.4, -0.2) is 25.2 Å². The van der Waals surface area contributed by atoms with Crippen LogP contribution in [0.2, 0.25) is 0 Å². The van der Waals surface area contributed by atoms with E-state index in [1.54, 1.807) is 0 Å². The lowest BCUT2D eigenvalue weighted by Gasteiger charge is -2.07. The predicted molar refractivity (Wildman–Crippen MR) is 72.6 cm³/mol. The minimum Gasteiger partial charge on any atom is -0.307 e. The van der Waals surface area contributed by atoms with Crippen molar-refractivity contribution in [2.24, 2.45) is 7.05 Å². The van der Waals surface area contributed by atoms with Crippen LogP contribution >= 0.6 is 0 Å². The Hall–Kier alpha value is -2.64. The highest BCUT2D eigenvalue weighted by molar-refractivity contribution is 5.90. The van der Waals surface area contributed by atoms with Gasteiger partial charge in [0.2, 0.25) is 5.91 Å². The van der Waals surface area contributed by atoms with Gasteiger partial charge < -0.3 is 5.32 Å². The van der Waals surface area contributed by atoms with E-state index in [1.165, 1.54) is 19.3 Å². The van der Waals surface area contributed by atoms with Crippen molar-refractivity contribution >= 4 is 11.7 Å². The van der Waals surface area contributed by atoms with Gasteiger partial charge in [-0.05, 0) is 13.8 Å². The standard InChI is InChI=1S/C12H15N5O3/c1-7-8(2)14-15-11(7)13-9(18)6-17-5-4-10(19)16(3)12(17)20/h4-5H,6H2,1-3H3,(H2,13,14,15,18). The summed E-state index contributed by atoms with van der Waals surface area (Å²) in [5, 5.41) is 9.32. The molecule has 0 aliphatic carbocycles. The third-order valence-electron chi connectivity index (χ3n) is 3.09. The number of aromatic amines is 1. The first-order chi connectivity index (χ1) is 9.40. The van der Waals surface area contributed by atoms with Crippen molar-refractivity contribution in [2.45, 2.75) is 20.4 Å². The van der Waals surface area contributed by atoms with Crippen molar-refractivity contribution in [3.8, 4) is 0 Å². The molecule has 8 nitrogen and oxygen atoms in total. The maximum absolute atomic E-state index is 11.9. The van der Waals surface area contributed by atoms with E-state index in [-0.39, 0.29) is 12.5 Å². The summed E-state index contributed by atoms with van der Waals surface area (Å²) in [7, 11) is 1.36. The van der Waals surface area contributed by atoms with Gasteiger partial charge in [-0.3, -0.25) is 23.8 Å². The molecule has 0 spiro atoms. The Morgan fingerprint density at radius 1 is 1.40 bits per heavy atom. The molecule has 0 unspecified atom stereocenters. The minimum atomic E-state index is -0.539. The molecule has 0 bridgehead atoms. The molecule has 20 heavy (non-hydrogen) atoms. The highest BCUT2D eigenvalue weighted by Gasteiger charge is 2.11. The highest BCUT2D eigenvalue weighted by atomic mass is 16.2. The summed E-state index contributed by atoms with van der Waals surface area (Å²) in [4.78, 5) is 34.9. The Labute approximate surface area is 114 Å². The van der Waals surface area contributed by atoms with Crippen LogP contribution in [0.4, 0.5) is 5.82 Å². The molecule has 2 N–H and O–H groups in total. The lowest BCUT2D eigenvalue weighted by atomic mass is 10.3. The van der Waals surface area contributed by atoms with Crippen molar-refractivity contribution < 1.29 is 4.79 Å². The molecule has 2 rings (SSSR count). The zero-order valence-electron chi connectivity index (χ0n) is 11.4. The molecule has 106 valence electrons.